The maximum absolute atomic E-state index is 5.65. The van der Waals surface area contributed by atoms with E-state index in [0.29, 0.717) is 6.54 Å². The molecule has 80 valence electrons. The predicted octanol–water partition coefficient (Wildman–Crippen LogP) is 2.99. The van der Waals surface area contributed by atoms with Crippen molar-refractivity contribution in [3.05, 3.63) is 33.9 Å². The quantitative estimate of drug-likeness (QED) is 0.881. The van der Waals surface area contributed by atoms with Crippen molar-refractivity contribution in [1.82, 2.24) is 4.98 Å². The van der Waals surface area contributed by atoms with E-state index in [4.69, 9.17) is 5.73 Å². The monoisotopic (exact) mass is 266 g/mol. The molecule has 3 N–H and O–H groups in total. The molecule has 1 aromatic heterocycles. The molecule has 3 heteroatoms. The van der Waals surface area contributed by atoms with Gasteiger partial charge in [-0.2, -0.15) is 0 Å². The summed E-state index contributed by atoms with van der Waals surface area (Å²) in [6.45, 7) is 2.87. The van der Waals surface area contributed by atoms with Crippen LogP contribution < -0.4 is 5.73 Å². The number of benzene rings is 1. The molecule has 0 aliphatic carbocycles. The molecule has 0 saturated carbocycles. The highest BCUT2D eigenvalue weighted by molar-refractivity contribution is 9.10. The van der Waals surface area contributed by atoms with Gasteiger partial charge >= 0.3 is 0 Å². The van der Waals surface area contributed by atoms with E-state index in [1.165, 1.54) is 22.2 Å². The summed E-state index contributed by atoms with van der Waals surface area (Å²) in [5, 5.41) is 1.30. The summed E-state index contributed by atoms with van der Waals surface area (Å²) >= 11 is 3.56. The van der Waals surface area contributed by atoms with Crippen molar-refractivity contribution in [2.45, 2.75) is 19.8 Å². The molecule has 0 aliphatic heterocycles. The van der Waals surface area contributed by atoms with E-state index in [2.05, 4.69) is 46.0 Å². The summed E-state index contributed by atoms with van der Waals surface area (Å²) in [5.41, 5.74) is 9.52. The molecule has 0 spiro atoms. The number of hydrogen-bond acceptors (Lipinski definition) is 1. The molecule has 2 aromatic rings. The minimum atomic E-state index is 0.701. The molecule has 0 aliphatic rings. The van der Waals surface area contributed by atoms with E-state index < -0.39 is 0 Å². The minimum absolute atomic E-state index is 0.701. The van der Waals surface area contributed by atoms with E-state index in [0.717, 1.165) is 17.3 Å². The fourth-order valence-electron chi connectivity index (χ4n) is 2.02. The third kappa shape index (κ3) is 1.82. The molecular formula is C12H15BrN2. The van der Waals surface area contributed by atoms with Crippen LogP contribution in [0, 0.1) is 0 Å². The molecule has 0 saturated heterocycles. The zero-order chi connectivity index (χ0) is 10.8. The number of para-hydroxylation sites is 1. The number of H-pyrrole nitrogens is 1. The van der Waals surface area contributed by atoms with Crippen LogP contribution in [0.3, 0.4) is 0 Å². The van der Waals surface area contributed by atoms with Gasteiger partial charge in [-0.05, 0) is 46.9 Å². The highest BCUT2D eigenvalue weighted by Gasteiger charge is 2.10. The SMILES string of the molecule is CCc1[nH]c2c(Br)cccc2c1CCN. The van der Waals surface area contributed by atoms with Gasteiger partial charge in [0.05, 0.1) is 5.52 Å². The Kier molecular flexibility index (Phi) is 3.12. The lowest BCUT2D eigenvalue weighted by atomic mass is 10.1. The fraction of sp³-hybridized carbons (Fsp3) is 0.333. The Balaban J connectivity index is 2.68. The van der Waals surface area contributed by atoms with Crippen LogP contribution in [0.2, 0.25) is 0 Å². The number of aromatic amines is 1. The summed E-state index contributed by atoms with van der Waals surface area (Å²) in [7, 11) is 0. The van der Waals surface area contributed by atoms with Gasteiger partial charge in [-0.25, -0.2) is 0 Å². The Bertz CT molecular complexity index is 474. The van der Waals surface area contributed by atoms with Gasteiger partial charge < -0.3 is 10.7 Å². The molecule has 0 fully saturated rings. The normalized spacial score (nSPS) is 11.1. The molecular weight excluding hydrogens is 252 g/mol. The van der Waals surface area contributed by atoms with Crippen LogP contribution in [0.25, 0.3) is 10.9 Å². The maximum atomic E-state index is 5.65. The molecule has 1 aromatic carbocycles. The molecule has 0 amide bonds. The summed E-state index contributed by atoms with van der Waals surface area (Å²) in [5.74, 6) is 0. The number of fused-ring (bicyclic) bond motifs is 1. The van der Waals surface area contributed by atoms with Crippen molar-refractivity contribution in [2.75, 3.05) is 6.54 Å². The van der Waals surface area contributed by atoms with Crippen molar-refractivity contribution >= 4 is 26.8 Å². The first kappa shape index (κ1) is 10.7. The number of hydrogen-bond donors (Lipinski definition) is 2. The highest BCUT2D eigenvalue weighted by atomic mass is 79.9. The first-order valence-corrected chi connectivity index (χ1v) is 6.05. The summed E-state index contributed by atoms with van der Waals surface area (Å²) in [4.78, 5) is 3.46. The first-order valence-electron chi connectivity index (χ1n) is 5.26. The second-order valence-corrected chi connectivity index (χ2v) is 4.49. The second kappa shape index (κ2) is 4.37. The molecule has 1 heterocycles. The summed E-state index contributed by atoms with van der Waals surface area (Å²) in [6.07, 6.45) is 1.97. The molecule has 15 heavy (non-hydrogen) atoms. The molecule has 0 radical (unpaired) electrons. The van der Waals surface area contributed by atoms with E-state index in [1.54, 1.807) is 0 Å². The van der Waals surface area contributed by atoms with Crippen molar-refractivity contribution in [3.8, 4) is 0 Å². The van der Waals surface area contributed by atoms with Crippen LogP contribution in [-0.4, -0.2) is 11.5 Å². The van der Waals surface area contributed by atoms with Crippen molar-refractivity contribution in [2.24, 2.45) is 5.73 Å². The van der Waals surface area contributed by atoms with Crippen molar-refractivity contribution in [1.29, 1.82) is 0 Å². The number of nitrogens with two attached hydrogens (primary N) is 1. The average Bonchev–Trinajstić information content (AvgIpc) is 2.59. The Morgan fingerprint density at radius 3 is 2.87 bits per heavy atom. The lowest BCUT2D eigenvalue weighted by Gasteiger charge is -1.99. The smallest absolute Gasteiger partial charge is 0.0603 e. The molecule has 0 unspecified atom stereocenters. The Hall–Kier alpha value is -0.800. The maximum Gasteiger partial charge on any atom is 0.0603 e. The minimum Gasteiger partial charge on any atom is -0.357 e. The van der Waals surface area contributed by atoms with Crippen molar-refractivity contribution in [3.63, 3.8) is 0 Å². The van der Waals surface area contributed by atoms with E-state index >= 15 is 0 Å². The highest BCUT2D eigenvalue weighted by Crippen LogP contribution is 2.28. The fourth-order valence-corrected chi connectivity index (χ4v) is 2.49. The van der Waals surface area contributed by atoms with Crippen LogP contribution in [0.5, 0.6) is 0 Å². The zero-order valence-corrected chi connectivity index (χ0v) is 10.4. The number of aryl methyl sites for hydroxylation is 1. The topological polar surface area (TPSA) is 41.8 Å². The van der Waals surface area contributed by atoms with Crippen LogP contribution in [0.1, 0.15) is 18.2 Å². The van der Waals surface area contributed by atoms with Crippen LogP contribution in [-0.2, 0) is 12.8 Å². The molecule has 0 bridgehead atoms. The largest absolute Gasteiger partial charge is 0.357 e. The second-order valence-electron chi connectivity index (χ2n) is 3.64. The van der Waals surface area contributed by atoms with Gasteiger partial charge in [-0.1, -0.05) is 19.1 Å². The molecule has 2 nitrogen and oxygen atoms in total. The van der Waals surface area contributed by atoms with Gasteiger partial charge in [-0.3, -0.25) is 0 Å². The predicted molar refractivity (Wildman–Crippen MR) is 68.1 cm³/mol. The summed E-state index contributed by atoms with van der Waals surface area (Å²) < 4.78 is 1.12. The number of rotatable bonds is 3. The van der Waals surface area contributed by atoms with Gasteiger partial charge in [0.2, 0.25) is 0 Å². The Morgan fingerprint density at radius 1 is 1.40 bits per heavy atom. The Labute approximate surface area is 98.0 Å². The van der Waals surface area contributed by atoms with Crippen LogP contribution >= 0.6 is 15.9 Å². The van der Waals surface area contributed by atoms with Crippen LogP contribution in [0.15, 0.2) is 22.7 Å². The van der Waals surface area contributed by atoms with Gasteiger partial charge in [0, 0.05) is 15.6 Å². The third-order valence-electron chi connectivity index (χ3n) is 2.73. The summed E-state index contributed by atoms with van der Waals surface area (Å²) in [6, 6.07) is 6.28. The van der Waals surface area contributed by atoms with Crippen molar-refractivity contribution < 1.29 is 0 Å². The Morgan fingerprint density at radius 2 is 2.20 bits per heavy atom. The molecule has 2 rings (SSSR count). The lowest BCUT2D eigenvalue weighted by molar-refractivity contribution is 0.936. The van der Waals surface area contributed by atoms with Gasteiger partial charge in [0.25, 0.3) is 0 Å². The van der Waals surface area contributed by atoms with Crippen LogP contribution in [0.4, 0.5) is 0 Å². The van der Waals surface area contributed by atoms with E-state index in [1.807, 2.05) is 0 Å². The standard InChI is InChI=1S/C12H15BrN2/c1-2-11-8(6-7-14)9-4-3-5-10(13)12(9)15-11/h3-5,15H,2,6-7,14H2,1H3. The average molecular weight is 267 g/mol. The van der Waals surface area contributed by atoms with Gasteiger partial charge in [0.1, 0.15) is 0 Å². The van der Waals surface area contributed by atoms with Gasteiger partial charge in [-0.15, -0.1) is 0 Å². The van der Waals surface area contributed by atoms with E-state index in [-0.39, 0.29) is 0 Å². The number of aromatic nitrogens is 1. The van der Waals surface area contributed by atoms with Gasteiger partial charge in [0.15, 0.2) is 0 Å². The third-order valence-corrected chi connectivity index (χ3v) is 3.39. The molecule has 0 atom stereocenters. The number of halogens is 1. The lowest BCUT2D eigenvalue weighted by Crippen LogP contribution is -2.04. The zero-order valence-electron chi connectivity index (χ0n) is 8.81. The first-order chi connectivity index (χ1) is 7.27. The number of nitrogens with one attached hydrogen (secondary N) is 1. The van der Waals surface area contributed by atoms with E-state index in [9.17, 15) is 0 Å².